The van der Waals surface area contributed by atoms with E-state index in [4.69, 9.17) is 4.52 Å². The lowest BCUT2D eigenvalue weighted by Gasteiger charge is -2.19. The molecule has 0 saturated heterocycles. The van der Waals surface area contributed by atoms with Crippen molar-refractivity contribution in [1.29, 1.82) is 0 Å². The van der Waals surface area contributed by atoms with Crippen molar-refractivity contribution in [2.75, 3.05) is 25.0 Å². The average Bonchev–Trinajstić information content (AvgIpc) is 2.96. The number of nitrogens with one attached hydrogen (secondary N) is 1. The van der Waals surface area contributed by atoms with Gasteiger partial charge in [0.05, 0.1) is 0 Å². The quantitative estimate of drug-likeness (QED) is 0.755. The third-order valence-electron chi connectivity index (χ3n) is 3.32. The Morgan fingerprint density at radius 2 is 2.09 bits per heavy atom. The first-order valence-electron chi connectivity index (χ1n) is 7.47. The van der Waals surface area contributed by atoms with Crippen LogP contribution in [0, 0.1) is 6.92 Å². The number of carbonyl (C=O) groups excluding carboxylic acids is 1. The number of nitrogens with zero attached hydrogens (tertiary/aromatic N) is 3. The number of amides is 1. The van der Waals surface area contributed by atoms with Gasteiger partial charge < -0.3 is 14.7 Å². The van der Waals surface area contributed by atoms with Gasteiger partial charge in [0.15, 0.2) is 5.82 Å². The molecule has 6 nitrogen and oxygen atoms in total. The summed E-state index contributed by atoms with van der Waals surface area (Å²) in [5, 5.41) is 6.61. The second-order valence-corrected chi connectivity index (χ2v) is 5.20. The van der Waals surface area contributed by atoms with Crippen molar-refractivity contribution in [1.82, 2.24) is 15.5 Å². The van der Waals surface area contributed by atoms with Crippen molar-refractivity contribution >= 4 is 11.6 Å². The summed E-state index contributed by atoms with van der Waals surface area (Å²) in [6.45, 7) is 3.32. The summed E-state index contributed by atoms with van der Waals surface area (Å²) in [5.41, 5.74) is 1.18. The van der Waals surface area contributed by atoms with Gasteiger partial charge in [-0.25, -0.2) is 0 Å². The largest absolute Gasteiger partial charge is 0.375 e. The summed E-state index contributed by atoms with van der Waals surface area (Å²) in [6, 6.07) is 10.2. The van der Waals surface area contributed by atoms with Crippen molar-refractivity contribution in [3.8, 4) is 0 Å². The van der Waals surface area contributed by atoms with Gasteiger partial charge in [-0.3, -0.25) is 4.79 Å². The highest BCUT2D eigenvalue weighted by Gasteiger charge is 2.07. The SMILES string of the molecule is Cc1noc(CCC(=O)NCCCN(C)c2ccccc2)n1. The van der Waals surface area contributed by atoms with Gasteiger partial charge in [0.1, 0.15) is 0 Å². The van der Waals surface area contributed by atoms with Gasteiger partial charge in [-0.2, -0.15) is 4.98 Å². The number of aromatic nitrogens is 2. The summed E-state index contributed by atoms with van der Waals surface area (Å²) >= 11 is 0. The van der Waals surface area contributed by atoms with Gasteiger partial charge in [0.2, 0.25) is 11.8 Å². The third kappa shape index (κ3) is 5.20. The van der Waals surface area contributed by atoms with E-state index in [1.54, 1.807) is 6.92 Å². The molecular formula is C16H22N4O2. The van der Waals surface area contributed by atoms with E-state index in [-0.39, 0.29) is 5.91 Å². The molecule has 0 spiro atoms. The second kappa shape index (κ2) is 8.17. The molecule has 0 saturated carbocycles. The van der Waals surface area contributed by atoms with Crippen molar-refractivity contribution in [3.63, 3.8) is 0 Å². The van der Waals surface area contributed by atoms with Crippen LogP contribution in [0.2, 0.25) is 0 Å². The highest BCUT2D eigenvalue weighted by atomic mass is 16.5. The average molecular weight is 302 g/mol. The molecule has 1 heterocycles. The molecule has 0 unspecified atom stereocenters. The third-order valence-corrected chi connectivity index (χ3v) is 3.32. The number of aryl methyl sites for hydroxylation is 2. The van der Waals surface area contributed by atoms with Crippen LogP contribution in [0.4, 0.5) is 5.69 Å². The Kier molecular flexibility index (Phi) is 5.94. The Labute approximate surface area is 130 Å². The molecular weight excluding hydrogens is 280 g/mol. The second-order valence-electron chi connectivity index (χ2n) is 5.20. The summed E-state index contributed by atoms with van der Waals surface area (Å²) < 4.78 is 4.97. The minimum Gasteiger partial charge on any atom is -0.375 e. The summed E-state index contributed by atoms with van der Waals surface area (Å²) in [6.07, 6.45) is 1.75. The zero-order chi connectivity index (χ0) is 15.8. The molecule has 1 aromatic carbocycles. The van der Waals surface area contributed by atoms with Crippen molar-refractivity contribution in [3.05, 3.63) is 42.0 Å². The molecule has 1 aromatic heterocycles. The summed E-state index contributed by atoms with van der Waals surface area (Å²) in [7, 11) is 2.05. The van der Waals surface area contributed by atoms with Gasteiger partial charge >= 0.3 is 0 Å². The highest BCUT2D eigenvalue weighted by Crippen LogP contribution is 2.10. The van der Waals surface area contributed by atoms with E-state index < -0.39 is 0 Å². The molecule has 6 heteroatoms. The van der Waals surface area contributed by atoms with Crippen molar-refractivity contribution in [2.24, 2.45) is 0 Å². The Morgan fingerprint density at radius 1 is 1.32 bits per heavy atom. The number of hydrogen-bond acceptors (Lipinski definition) is 5. The fourth-order valence-electron chi connectivity index (χ4n) is 2.11. The molecule has 2 rings (SSSR count). The zero-order valence-electron chi connectivity index (χ0n) is 13.1. The molecule has 0 bridgehead atoms. The van der Waals surface area contributed by atoms with Crippen LogP contribution in [0.15, 0.2) is 34.9 Å². The van der Waals surface area contributed by atoms with Gasteiger partial charge in [-0.1, -0.05) is 23.4 Å². The van der Waals surface area contributed by atoms with Crippen LogP contribution in [0.25, 0.3) is 0 Å². The van der Waals surface area contributed by atoms with Crippen LogP contribution >= 0.6 is 0 Å². The van der Waals surface area contributed by atoms with E-state index in [1.165, 1.54) is 5.69 Å². The van der Waals surface area contributed by atoms with Gasteiger partial charge in [0.25, 0.3) is 0 Å². The maximum atomic E-state index is 11.7. The Morgan fingerprint density at radius 3 is 2.77 bits per heavy atom. The molecule has 1 N–H and O–H groups in total. The molecule has 2 aromatic rings. The zero-order valence-corrected chi connectivity index (χ0v) is 13.1. The molecule has 0 atom stereocenters. The topological polar surface area (TPSA) is 71.3 Å². The highest BCUT2D eigenvalue weighted by molar-refractivity contribution is 5.75. The van der Waals surface area contributed by atoms with Crippen molar-refractivity contribution < 1.29 is 9.32 Å². The number of carbonyl (C=O) groups is 1. The van der Waals surface area contributed by atoms with E-state index in [1.807, 2.05) is 18.2 Å². The Balaban J connectivity index is 1.59. The molecule has 0 aliphatic carbocycles. The number of rotatable bonds is 8. The van der Waals surface area contributed by atoms with E-state index in [0.717, 1.165) is 13.0 Å². The summed E-state index contributed by atoms with van der Waals surface area (Å²) in [5.74, 6) is 1.12. The van der Waals surface area contributed by atoms with Crippen LogP contribution in [0.3, 0.4) is 0 Å². The van der Waals surface area contributed by atoms with Crippen LogP contribution in [0.1, 0.15) is 24.6 Å². The maximum absolute atomic E-state index is 11.7. The molecule has 0 aliphatic heterocycles. The fraction of sp³-hybridized carbons (Fsp3) is 0.438. The standard InChI is InChI=1S/C16H22N4O2/c1-13-18-16(22-19-13)10-9-15(21)17-11-6-12-20(2)14-7-4-3-5-8-14/h3-5,7-8H,6,9-12H2,1-2H3,(H,17,21). The maximum Gasteiger partial charge on any atom is 0.227 e. The lowest BCUT2D eigenvalue weighted by atomic mass is 10.2. The number of hydrogen-bond donors (Lipinski definition) is 1. The lowest BCUT2D eigenvalue weighted by molar-refractivity contribution is -0.121. The normalized spacial score (nSPS) is 10.5. The van der Waals surface area contributed by atoms with Gasteiger partial charge in [0, 0.05) is 38.7 Å². The first-order chi connectivity index (χ1) is 10.6. The van der Waals surface area contributed by atoms with E-state index >= 15 is 0 Å². The van der Waals surface area contributed by atoms with E-state index in [9.17, 15) is 4.79 Å². The number of para-hydroxylation sites is 1. The molecule has 22 heavy (non-hydrogen) atoms. The van der Waals surface area contributed by atoms with Crippen LogP contribution < -0.4 is 10.2 Å². The number of anilines is 1. The Hall–Kier alpha value is -2.37. The Bertz CT molecular complexity index is 583. The molecule has 0 fully saturated rings. The fourth-order valence-corrected chi connectivity index (χ4v) is 2.11. The van der Waals surface area contributed by atoms with Crippen LogP contribution in [-0.4, -0.2) is 36.2 Å². The molecule has 0 radical (unpaired) electrons. The molecule has 118 valence electrons. The van der Waals surface area contributed by atoms with Crippen LogP contribution in [-0.2, 0) is 11.2 Å². The first kappa shape index (κ1) is 16.0. The van der Waals surface area contributed by atoms with Crippen LogP contribution in [0.5, 0.6) is 0 Å². The monoisotopic (exact) mass is 302 g/mol. The van der Waals surface area contributed by atoms with E-state index in [2.05, 4.69) is 39.5 Å². The first-order valence-corrected chi connectivity index (χ1v) is 7.47. The van der Waals surface area contributed by atoms with Gasteiger partial charge in [-0.05, 0) is 25.5 Å². The predicted molar refractivity (Wildman–Crippen MR) is 84.7 cm³/mol. The lowest BCUT2D eigenvalue weighted by Crippen LogP contribution is -2.28. The smallest absolute Gasteiger partial charge is 0.227 e. The molecule has 1 amide bonds. The van der Waals surface area contributed by atoms with E-state index in [0.29, 0.717) is 31.1 Å². The minimum atomic E-state index is 0.0122. The van der Waals surface area contributed by atoms with Gasteiger partial charge in [-0.15, -0.1) is 0 Å². The predicted octanol–water partition coefficient (Wildman–Crippen LogP) is 1.95. The minimum absolute atomic E-state index is 0.0122. The van der Waals surface area contributed by atoms with Crippen molar-refractivity contribution in [2.45, 2.75) is 26.2 Å². The molecule has 0 aliphatic rings. The summed E-state index contributed by atoms with van der Waals surface area (Å²) in [4.78, 5) is 18.0. The number of benzene rings is 1.